The van der Waals surface area contributed by atoms with Gasteiger partial charge in [-0.2, -0.15) is 0 Å². The molecule has 0 aliphatic heterocycles. The fourth-order valence-electron chi connectivity index (χ4n) is 4.01. The van der Waals surface area contributed by atoms with Gasteiger partial charge >= 0.3 is 0 Å². The molecule has 0 radical (unpaired) electrons. The van der Waals surface area contributed by atoms with Crippen LogP contribution in [0.4, 0.5) is 0 Å². The standard InChI is InChI=1S/C16H31N3O/c1-13-7-6-8-15(11-13,19(2)3)12-18-14(20)16(17)9-4-5-10-16/h13H,4-12,17H2,1-3H3,(H,18,20). The Morgan fingerprint density at radius 2 is 1.90 bits per heavy atom. The summed E-state index contributed by atoms with van der Waals surface area (Å²) in [5.41, 5.74) is 5.75. The van der Waals surface area contributed by atoms with Crippen LogP contribution in [0.2, 0.25) is 0 Å². The zero-order valence-corrected chi connectivity index (χ0v) is 13.4. The van der Waals surface area contributed by atoms with E-state index >= 15 is 0 Å². The van der Waals surface area contributed by atoms with E-state index in [2.05, 4.69) is 31.2 Å². The van der Waals surface area contributed by atoms with Gasteiger partial charge in [-0.1, -0.05) is 32.6 Å². The lowest BCUT2D eigenvalue weighted by Crippen LogP contribution is -2.59. The number of amides is 1. The van der Waals surface area contributed by atoms with Crippen LogP contribution in [-0.2, 0) is 4.79 Å². The van der Waals surface area contributed by atoms with Gasteiger partial charge in [0.15, 0.2) is 0 Å². The van der Waals surface area contributed by atoms with Gasteiger partial charge in [0.2, 0.25) is 5.91 Å². The van der Waals surface area contributed by atoms with Crippen LogP contribution in [-0.4, -0.2) is 42.5 Å². The molecule has 0 aromatic carbocycles. The van der Waals surface area contributed by atoms with Crippen LogP contribution in [0.25, 0.3) is 0 Å². The van der Waals surface area contributed by atoms with Crippen molar-refractivity contribution in [3.8, 4) is 0 Å². The fourth-order valence-corrected chi connectivity index (χ4v) is 4.01. The Morgan fingerprint density at radius 3 is 2.45 bits per heavy atom. The summed E-state index contributed by atoms with van der Waals surface area (Å²) in [5.74, 6) is 0.802. The molecule has 0 aromatic rings. The van der Waals surface area contributed by atoms with Gasteiger partial charge in [0.25, 0.3) is 0 Å². The predicted molar refractivity (Wildman–Crippen MR) is 82.4 cm³/mol. The smallest absolute Gasteiger partial charge is 0.240 e. The van der Waals surface area contributed by atoms with E-state index in [1.54, 1.807) is 0 Å². The van der Waals surface area contributed by atoms with Crippen molar-refractivity contribution in [3.63, 3.8) is 0 Å². The van der Waals surface area contributed by atoms with E-state index in [0.717, 1.165) is 44.6 Å². The van der Waals surface area contributed by atoms with E-state index in [0.29, 0.717) is 0 Å². The summed E-state index contributed by atoms with van der Waals surface area (Å²) in [6.07, 6.45) is 8.74. The predicted octanol–water partition coefficient (Wildman–Crippen LogP) is 1.88. The molecular weight excluding hydrogens is 250 g/mol. The Morgan fingerprint density at radius 1 is 1.25 bits per heavy atom. The Kier molecular flexibility index (Phi) is 4.75. The Labute approximate surface area is 123 Å². The summed E-state index contributed by atoms with van der Waals surface area (Å²) in [6, 6.07) is 0. The fraction of sp³-hybridized carbons (Fsp3) is 0.938. The first kappa shape index (κ1) is 15.8. The molecule has 0 aromatic heterocycles. The molecule has 2 unspecified atom stereocenters. The van der Waals surface area contributed by atoms with E-state index in [4.69, 9.17) is 5.73 Å². The molecule has 2 saturated carbocycles. The first-order chi connectivity index (χ1) is 9.38. The monoisotopic (exact) mass is 281 g/mol. The molecule has 2 atom stereocenters. The molecule has 116 valence electrons. The van der Waals surface area contributed by atoms with Gasteiger partial charge in [-0.15, -0.1) is 0 Å². The van der Waals surface area contributed by atoms with Crippen molar-refractivity contribution in [2.24, 2.45) is 11.7 Å². The highest BCUT2D eigenvalue weighted by Gasteiger charge is 2.41. The van der Waals surface area contributed by atoms with Gasteiger partial charge in [0.05, 0.1) is 5.54 Å². The van der Waals surface area contributed by atoms with Crippen molar-refractivity contribution in [1.82, 2.24) is 10.2 Å². The molecule has 2 aliphatic rings. The average molecular weight is 281 g/mol. The Hall–Kier alpha value is -0.610. The number of nitrogens with one attached hydrogen (secondary N) is 1. The summed E-state index contributed by atoms with van der Waals surface area (Å²) < 4.78 is 0. The molecule has 0 heterocycles. The molecule has 1 amide bonds. The third kappa shape index (κ3) is 3.17. The second-order valence-electron chi connectivity index (χ2n) is 7.37. The zero-order chi connectivity index (χ0) is 14.8. The summed E-state index contributed by atoms with van der Waals surface area (Å²) in [4.78, 5) is 14.7. The lowest BCUT2D eigenvalue weighted by Gasteiger charge is -2.45. The molecule has 3 N–H and O–H groups in total. The summed E-state index contributed by atoms with van der Waals surface area (Å²) in [6.45, 7) is 3.06. The minimum absolute atomic E-state index is 0.0643. The molecule has 0 spiro atoms. The van der Waals surface area contributed by atoms with Crippen LogP contribution in [0.1, 0.15) is 58.3 Å². The van der Waals surface area contributed by atoms with E-state index in [1.165, 1.54) is 19.3 Å². The first-order valence-electron chi connectivity index (χ1n) is 8.13. The molecule has 0 saturated heterocycles. The van der Waals surface area contributed by atoms with Crippen molar-refractivity contribution >= 4 is 5.91 Å². The molecule has 4 heteroatoms. The third-order valence-electron chi connectivity index (χ3n) is 5.54. The molecule has 4 nitrogen and oxygen atoms in total. The van der Waals surface area contributed by atoms with Crippen molar-refractivity contribution in [3.05, 3.63) is 0 Å². The van der Waals surface area contributed by atoms with Gasteiger partial charge in [0.1, 0.15) is 0 Å². The highest BCUT2D eigenvalue weighted by molar-refractivity contribution is 5.86. The molecular formula is C16H31N3O. The number of rotatable bonds is 4. The largest absolute Gasteiger partial charge is 0.353 e. The number of carbonyl (C=O) groups excluding carboxylic acids is 1. The quantitative estimate of drug-likeness (QED) is 0.827. The zero-order valence-electron chi connectivity index (χ0n) is 13.4. The third-order valence-corrected chi connectivity index (χ3v) is 5.54. The van der Waals surface area contributed by atoms with Crippen LogP contribution in [0.5, 0.6) is 0 Å². The van der Waals surface area contributed by atoms with Crippen LogP contribution in [0.15, 0.2) is 0 Å². The number of likely N-dealkylation sites (N-methyl/N-ethyl adjacent to an activating group) is 1. The average Bonchev–Trinajstić information content (AvgIpc) is 2.84. The van der Waals surface area contributed by atoms with Crippen molar-refractivity contribution in [1.29, 1.82) is 0 Å². The molecule has 20 heavy (non-hydrogen) atoms. The van der Waals surface area contributed by atoms with Crippen molar-refractivity contribution in [2.75, 3.05) is 20.6 Å². The van der Waals surface area contributed by atoms with Gasteiger partial charge in [-0.3, -0.25) is 4.79 Å². The number of hydrogen-bond donors (Lipinski definition) is 2. The number of carbonyl (C=O) groups is 1. The summed E-state index contributed by atoms with van der Waals surface area (Å²) in [7, 11) is 4.27. The number of hydrogen-bond acceptors (Lipinski definition) is 3. The highest BCUT2D eigenvalue weighted by atomic mass is 16.2. The van der Waals surface area contributed by atoms with Gasteiger partial charge in [-0.25, -0.2) is 0 Å². The van der Waals surface area contributed by atoms with E-state index < -0.39 is 5.54 Å². The van der Waals surface area contributed by atoms with Crippen LogP contribution in [0.3, 0.4) is 0 Å². The van der Waals surface area contributed by atoms with E-state index in [-0.39, 0.29) is 11.4 Å². The maximum Gasteiger partial charge on any atom is 0.240 e. The highest BCUT2D eigenvalue weighted by Crippen LogP contribution is 2.35. The molecule has 2 aliphatic carbocycles. The lowest BCUT2D eigenvalue weighted by atomic mass is 9.75. The number of nitrogens with zero attached hydrogens (tertiary/aromatic N) is 1. The second kappa shape index (κ2) is 6.02. The first-order valence-corrected chi connectivity index (χ1v) is 8.13. The summed E-state index contributed by atoms with van der Waals surface area (Å²) in [5, 5.41) is 3.17. The van der Waals surface area contributed by atoms with E-state index in [9.17, 15) is 4.79 Å². The molecule has 0 bridgehead atoms. The Balaban J connectivity index is 1.97. The van der Waals surface area contributed by atoms with Crippen molar-refractivity contribution < 1.29 is 4.79 Å². The minimum atomic E-state index is -0.603. The maximum atomic E-state index is 12.4. The SMILES string of the molecule is CC1CCCC(CNC(=O)C2(N)CCCC2)(N(C)C)C1. The molecule has 2 fully saturated rings. The maximum absolute atomic E-state index is 12.4. The minimum Gasteiger partial charge on any atom is -0.353 e. The number of nitrogens with two attached hydrogens (primary N) is 1. The second-order valence-corrected chi connectivity index (χ2v) is 7.37. The van der Waals surface area contributed by atoms with Crippen LogP contribution < -0.4 is 11.1 Å². The lowest BCUT2D eigenvalue weighted by molar-refractivity contribution is -0.127. The van der Waals surface area contributed by atoms with Gasteiger partial charge in [0, 0.05) is 12.1 Å². The Bertz CT molecular complexity index is 350. The van der Waals surface area contributed by atoms with E-state index in [1.807, 2.05) is 0 Å². The summed E-state index contributed by atoms with van der Waals surface area (Å²) >= 11 is 0. The topological polar surface area (TPSA) is 58.4 Å². The van der Waals surface area contributed by atoms with Crippen LogP contribution >= 0.6 is 0 Å². The molecule has 2 rings (SSSR count). The van der Waals surface area contributed by atoms with Crippen LogP contribution in [0, 0.1) is 5.92 Å². The van der Waals surface area contributed by atoms with Gasteiger partial charge < -0.3 is 16.0 Å². The normalized spacial score (nSPS) is 33.4. The van der Waals surface area contributed by atoms with Crippen molar-refractivity contribution in [2.45, 2.75) is 69.4 Å². The van der Waals surface area contributed by atoms with Gasteiger partial charge in [-0.05, 0) is 45.7 Å².